The van der Waals surface area contributed by atoms with E-state index in [-0.39, 0.29) is 11.9 Å². The smallest absolute Gasteiger partial charge is 0.169 e. The third kappa shape index (κ3) is 2.52. The normalized spacial score (nSPS) is 22.8. The summed E-state index contributed by atoms with van der Waals surface area (Å²) in [6.45, 7) is 6.30. The van der Waals surface area contributed by atoms with Gasteiger partial charge >= 0.3 is 0 Å². The van der Waals surface area contributed by atoms with Gasteiger partial charge in [0.05, 0.1) is 0 Å². The van der Waals surface area contributed by atoms with E-state index in [4.69, 9.17) is 21.1 Å². The average Bonchev–Trinajstić information content (AvgIpc) is 2.29. The van der Waals surface area contributed by atoms with E-state index in [2.05, 4.69) is 0 Å². The highest BCUT2D eigenvalue weighted by molar-refractivity contribution is 6.30. The zero-order valence-corrected chi connectivity index (χ0v) is 11.6. The van der Waals surface area contributed by atoms with Gasteiger partial charge in [0.1, 0.15) is 11.9 Å². The van der Waals surface area contributed by atoms with Crippen molar-refractivity contribution in [3.8, 4) is 5.75 Å². The fourth-order valence-electron chi connectivity index (χ4n) is 2.19. The molecule has 0 spiro atoms. The molecule has 0 saturated heterocycles. The van der Waals surface area contributed by atoms with E-state index in [1.807, 2.05) is 32.9 Å². The van der Waals surface area contributed by atoms with E-state index in [0.29, 0.717) is 18.1 Å². The average molecular weight is 269 g/mol. The van der Waals surface area contributed by atoms with Crippen molar-refractivity contribution < 1.29 is 14.3 Å². The van der Waals surface area contributed by atoms with Crippen molar-refractivity contribution in [2.24, 2.45) is 0 Å². The first-order chi connectivity index (χ1) is 8.52. The number of rotatable bonds is 4. The SMILES string of the molecule is CCOC1C(=O)CC1Oc1c(C)cc(Cl)cc1C. The molecule has 1 aromatic carbocycles. The van der Waals surface area contributed by atoms with Crippen LogP contribution in [0.15, 0.2) is 12.1 Å². The maximum absolute atomic E-state index is 11.4. The summed E-state index contributed by atoms with van der Waals surface area (Å²) in [5.41, 5.74) is 1.96. The first kappa shape index (κ1) is 13.4. The molecule has 0 N–H and O–H groups in total. The standard InChI is InChI=1S/C14H17ClO3/c1-4-17-14-11(16)7-12(14)18-13-8(2)5-10(15)6-9(13)3/h5-6,12,14H,4,7H2,1-3H3. The van der Waals surface area contributed by atoms with E-state index in [0.717, 1.165) is 16.9 Å². The van der Waals surface area contributed by atoms with Gasteiger partial charge in [0.25, 0.3) is 0 Å². The first-order valence-electron chi connectivity index (χ1n) is 6.10. The number of aryl methyl sites for hydroxylation is 2. The number of benzene rings is 1. The van der Waals surface area contributed by atoms with Crippen molar-refractivity contribution in [2.75, 3.05) is 6.61 Å². The summed E-state index contributed by atoms with van der Waals surface area (Å²) in [6, 6.07) is 3.72. The van der Waals surface area contributed by atoms with Gasteiger partial charge in [-0.1, -0.05) is 11.6 Å². The summed E-state index contributed by atoms with van der Waals surface area (Å²) in [4.78, 5) is 11.4. The zero-order chi connectivity index (χ0) is 13.3. The Labute approximate surface area is 112 Å². The van der Waals surface area contributed by atoms with E-state index >= 15 is 0 Å². The molecule has 2 rings (SSSR count). The number of hydrogen-bond acceptors (Lipinski definition) is 3. The summed E-state index contributed by atoms with van der Waals surface area (Å²) in [5.74, 6) is 0.924. The fourth-order valence-corrected chi connectivity index (χ4v) is 2.51. The molecule has 0 aliphatic heterocycles. The molecular formula is C14H17ClO3. The monoisotopic (exact) mass is 268 g/mol. The second kappa shape index (κ2) is 5.29. The summed E-state index contributed by atoms with van der Waals surface area (Å²) in [5, 5.41) is 0.698. The van der Waals surface area contributed by atoms with Crippen LogP contribution in [0.25, 0.3) is 0 Å². The third-order valence-corrected chi connectivity index (χ3v) is 3.32. The van der Waals surface area contributed by atoms with Crippen molar-refractivity contribution in [3.05, 3.63) is 28.3 Å². The lowest BCUT2D eigenvalue weighted by atomic mass is 9.89. The quantitative estimate of drug-likeness (QED) is 0.842. The molecule has 2 atom stereocenters. The minimum atomic E-state index is -0.413. The Hall–Kier alpha value is -1.06. The van der Waals surface area contributed by atoms with Crippen LogP contribution in [0.2, 0.25) is 5.02 Å². The molecular weight excluding hydrogens is 252 g/mol. The van der Waals surface area contributed by atoms with Gasteiger partial charge in [-0.3, -0.25) is 4.79 Å². The molecule has 2 unspecified atom stereocenters. The van der Waals surface area contributed by atoms with Gasteiger partial charge in [0.2, 0.25) is 0 Å². The van der Waals surface area contributed by atoms with Crippen LogP contribution in [0.5, 0.6) is 5.75 Å². The van der Waals surface area contributed by atoms with Crippen molar-refractivity contribution in [2.45, 2.75) is 39.4 Å². The van der Waals surface area contributed by atoms with Crippen molar-refractivity contribution in [1.29, 1.82) is 0 Å². The van der Waals surface area contributed by atoms with Crippen LogP contribution in [-0.2, 0) is 9.53 Å². The second-order valence-corrected chi connectivity index (χ2v) is 5.01. The van der Waals surface area contributed by atoms with Gasteiger partial charge in [-0.15, -0.1) is 0 Å². The lowest BCUT2D eigenvalue weighted by molar-refractivity contribution is -0.154. The van der Waals surface area contributed by atoms with E-state index in [1.54, 1.807) is 0 Å². The van der Waals surface area contributed by atoms with Gasteiger partial charge in [0.15, 0.2) is 11.9 Å². The Kier molecular flexibility index (Phi) is 3.93. The largest absolute Gasteiger partial charge is 0.486 e. The van der Waals surface area contributed by atoms with Gasteiger partial charge < -0.3 is 9.47 Å². The molecule has 1 fully saturated rings. The summed E-state index contributed by atoms with van der Waals surface area (Å²) in [7, 11) is 0. The lowest BCUT2D eigenvalue weighted by Crippen LogP contribution is -2.52. The number of halogens is 1. The highest BCUT2D eigenvalue weighted by Crippen LogP contribution is 2.32. The number of carbonyl (C=O) groups excluding carboxylic acids is 1. The van der Waals surface area contributed by atoms with Crippen molar-refractivity contribution >= 4 is 17.4 Å². The molecule has 1 aliphatic carbocycles. The predicted molar refractivity (Wildman–Crippen MR) is 70.4 cm³/mol. The topological polar surface area (TPSA) is 35.5 Å². The summed E-state index contributed by atoms with van der Waals surface area (Å²) in [6.07, 6.45) is -0.160. The van der Waals surface area contributed by atoms with Gasteiger partial charge in [-0.2, -0.15) is 0 Å². The molecule has 0 heterocycles. The van der Waals surface area contributed by atoms with Crippen molar-refractivity contribution in [3.63, 3.8) is 0 Å². The minimum Gasteiger partial charge on any atom is -0.486 e. The molecule has 18 heavy (non-hydrogen) atoms. The number of ether oxygens (including phenoxy) is 2. The molecule has 1 aromatic rings. The van der Waals surface area contributed by atoms with Gasteiger partial charge in [-0.25, -0.2) is 0 Å². The number of Topliss-reactive ketones (excluding diaryl/α,β-unsaturated/α-hetero) is 1. The highest BCUT2D eigenvalue weighted by atomic mass is 35.5. The zero-order valence-electron chi connectivity index (χ0n) is 10.8. The van der Waals surface area contributed by atoms with Gasteiger partial charge in [0, 0.05) is 18.1 Å². The number of ketones is 1. The van der Waals surface area contributed by atoms with E-state index < -0.39 is 6.10 Å². The number of hydrogen-bond donors (Lipinski definition) is 0. The highest BCUT2D eigenvalue weighted by Gasteiger charge is 2.42. The Morgan fingerprint density at radius 1 is 1.33 bits per heavy atom. The van der Waals surface area contributed by atoms with Crippen LogP contribution < -0.4 is 4.74 Å². The van der Waals surface area contributed by atoms with E-state index in [1.165, 1.54) is 0 Å². The molecule has 0 radical (unpaired) electrons. The minimum absolute atomic E-state index is 0.117. The maximum Gasteiger partial charge on any atom is 0.169 e. The molecule has 4 heteroatoms. The Morgan fingerprint density at radius 3 is 2.44 bits per heavy atom. The lowest BCUT2D eigenvalue weighted by Gasteiger charge is -2.35. The summed E-state index contributed by atoms with van der Waals surface area (Å²) < 4.78 is 11.3. The maximum atomic E-state index is 11.4. The van der Waals surface area contributed by atoms with Crippen LogP contribution in [0.4, 0.5) is 0 Å². The Bertz CT molecular complexity index is 447. The van der Waals surface area contributed by atoms with Crippen LogP contribution in [0.3, 0.4) is 0 Å². The molecule has 98 valence electrons. The van der Waals surface area contributed by atoms with Crippen LogP contribution in [0.1, 0.15) is 24.5 Å². The van der Waals surface area contributed by atoms with Crippen LogP contribution >= 0.6 is 11.6 Å². The molecule has 0 amide bonds. The number of carbonyl (C=O) groups is 1. The third-order valence-electron chi connectivity index (χ3n) is 3.10. The Balaban J connectivity index is 2.13. The Morgan fingerprint density at radius 2 is 1.94 bits per heavy atom. The molecule has 1 saturated carbocycles. The fraction of sp³-hybridized carbons (Fsp3) is 0.500. The molecule has 0 bridgehead atoms. The van der Waals surface area contributed by atoms with Gasteiger partial charge in [-0.05, 0) is 44.0 Å². The predicted octanol–water partition coefficient (Wildman–Crippen LogP) is 3.08. The second-order valence-electron chi connectivity index (χ2n) is 4.57. The molecule has 1 aliphatic rings. The molecule has 0 aromatic heterocycles. The van der Waals surface area contributed by atoms with Crippen molar-refractivity contribution in [1.82, 2.24) is 0 Å². The molecule has 3 nitrogen and oxygen atoms in total. The van der Waals surface area contributed by atoms with E-state index in [9.17, 15) is 4.79 Å². The first-order valence-corrected chi connectivity index (χ1v) is 6.48. The van der Waals surface area contributed by atoms with Crippen LogP contribution in [-0.4, -0.2) is 24.6 Å². The summed E-state index contributed by atoms with van der Waals surface area (Å²) >= 11 is 5.97. The van der Waals surface area contributed by atoms with Crippen LogP contribution in [0, 0.1) is 13.8 Å².